The van der Waals surface area contributed by atoms with E-state index in [1.54, 1.807) is 16.4 Å². The first-order chi connectivity index (χ1) is 8.47. The van der Waals surface area contributed by atoms with Gasteiger partial charge in [-0.2, -0.15) is 0 Å². The molecule has 4 nitrogen and oxygen atoms in total. The summed E-state index contributed by atoms with van der Waals surface area (Å²) in [6, 6.07) is 8.75. The van der Waals surface area contributed by atoms with E-state index in [0.717, 1.165) is 10.9 Å². The van der Waals surface area contributed by atoms with E-state index in [4.69, 9.17) is 0 Å². The van der Waals surface area contributed by atoms with Crippen molar-refractivity contribution in [3.05, 3.63) is 35.4 Å². The van der Waals surface area contributed by atoms with E-state index in [2.05, 4.69) is 60.6 Å². The molecule has 0 unspecified atom stereocenters. The van der Waals surface area contributed by atoms with Crippen molar-refractivity contribution < 1.29 is 0 Å². The topological polar surface area (TPSA) is 43.6 Å². The molecule has 1 heterocycles. The summed E-state index contributed by atoms with van der Waals surface area (Å²) in [5.74, 6) is 0.888. The molecule has 96 valence electrons. The van der Waals surface area contributed by atoms with Gasteiger partial charge >= 0.3 is 0 Å². The van der Waals surface area contributed by atoms with Gasteiger partial charge in [0.25, 0.3) is 0 Å². The van der Waals surface area contributed by atoms with Gasteiger partial charge in [0.15, 0.2) is 0 Å². The zero-order chi connectivity index (χ0) is 13.2. The van der Waals surface area contributed by atoms with Crippen molar-refractivity contribution in [3.63, 3.8) is 0 Å². The smallest absolute Gasteiger partial charge is 0.209 e. The van der Waals surface area contributed by atoms with Gasteiger partial charge in [-0.25, -0.2) is 4.68 Å². The molecule has 2 rings (SSSR count). The molecule has 2 aromatic rings. The van der Waals surface area contributed by atoms with Crippen LogP contribution in [0.4, 0.5) is 0 Å². The third-order valence-electron chi connectivity index (χ3n) is 2.77. The maximum absolute atomic E-state index is 3.95. The van der Waals surface area contributed by atoms with Gasteiger partial charge < -0.3 is 0 Å². The van der Waals surface area contributed by atoms with Gasteiger partial charge in [-0.1, -0.05) is 56.8 Å². The molecule has 5 heteroatoms. The van der Waals surface area contributed by atoms with Crippen molar-refractivity contribution in [1.82, 2.24) is 20.2 Å². The van der Waals surface area contributed by atoms with Gasteiger partial charge in [-0.15, -0.1) is 5.10 Å². The summed E-state index contributed by atoms with van der Waals surface area (Å²) in [6.45, 7) is 6.67. The second-order valence-corrected chi connectivity index (χ2v) is 6.26. The first-order valence-electron chi connectivity index (χ1n) is 5.91. The molecule has 0 aliphatic heterocycles. The van der Waals surface area contributed by atoms with Gasteiger partial charge in [-0.05, 0) is 27.0 Å². The summed E-state index contributed by atoms with van der Waals surface area (Å²) in [5.41, 5.74) is 2.85. The van der Waals surface area contributed by atoms with Crippen LogP contribution < -0.4 is 0 Å². The van der Waals surface area contributed by atoms with Crippen molar-refractivity contribution in [2.45, 2.75) is 37.1 Å². The first kappa shape index (κ1) is 13.1. The van der Waals surface area contributed by atoms with Crippen molar-refractivity contribution >= 4 is 11.8 Å². The third kappa shape index (κ3) is 3.10. The molecule has 0 spiro atoms. The van der Waals surface area contributed by atoms with E-state index in [0.29, 0.717) is 0 Å². The number of nitrogens with zero attached hydrogens (tertiary/aromatic N) is 4. The number of thioether (sulfide) groups is 1. The molecule has 1 aromatic carbocycles. The van der Waals surface area contributed by atoms with E-state index in [1.807, 2.05) is 7.05 Å². The highest BCUT2D eigenvalue weighted by Crippen LogP contribution is 2.24. The number of benzene rings is 1. The number of tetrazole rings is 1. The normalized spacial score (nSPS) is 11.8. The lowest BCUT2D eigenvalue weighted by Crippen LogP contribution is -2.10. The SMILES string of the molecule is Cn1nnnc1SCc1ccc(C(C)(C)C)cc1. The Balaban J connectivity index is 2.01. The Morgan fingerprint density at radius 1 is 1.17 bits per heavy atom. The Morgan fingerprint density at radius 3 is 2.33 bits per heavy atom. The van der Waals surface area contributed by atoms with Crippen molar-refractivity contribution in [2.24, 2.45) is 7.05 Å². The summed E-state index contributed by atoms with van der Waals surface area (Å²) in [6.07, 6.45) is 0. The molecule has 0 aliphatic rings. The molecule has 0 radical (unpaired) electrons. The molecule has 0 saturated carbocycles. The third-order valence-corrected chi connectivity index (χ3v) is 3.85. The molecule has 0 N–H and O–H groups in total. The maximum atomic E-state index is 3.95. The second kappa shape index (κ2) is 5.10. The maximum Gasteiger partial charge on any atom is 0.209 e. The van der Waals surface area contributed by atoms with E-state index in [-0.39, 0.29) is 5.41 Å². The van der Waals surface area contributed by atoms with Gasteiger partial charge in [0.2, 0.25) is 5.16 Å². The van der Waals surface area contributed by atoms with Crippen LogP contribution in [0.15, 0.2) is 29.4 Å². The largest absolute Gasteiger partial charge is 0.224 e. The van der Waals surface area contributed by atoms with E-state index in [9.17, 15) is 0 Å². The first-order valence-corrected chi connectivity index (χ1v) is 6.90. The zero-order valence-corrected chi connectivity index (χ0v) is 12.0. The standard InChI is InChI=1S/C13H18N4S/c1-13(2,3)11-7-5-10(6-8-11)9-18-12-14-15-16-17(12)4/h5-8H,9H2,1-4H3. The van der Waals surface area contributed by atoms with Crippen molar-refractivity contribution in [3.8, 4) is 0 Å². The highest BCUT2D eigenvalue weighted by Gasteiger charge is 2.12. The zero-order valence-electron chi connectivity index (χ0n) is 11.2. The summed E-state index contributed by atoms with van der Waals surface area (Å²) >= 11 is 1.65. The van der Waals surface area contributed by atoms with Crippen LogP contribution in [0.2, 0.25) is 0 Å². The molecule has 0 aliphatic carbocycles. The molecule has 18 heavy (non-hydrogen) atoms. The Bertz CT molecular complexity index is 511. The Hall–Kier alpha value is -1.36. The van der Waals surface area contributed by atoms with Crippen LogP contribution in [0.5, 0.6) is 0 Å². The molecular formula is C13H18N4S. The molecule has 1 aromatic heterocycles. The predicted molar refractivity (Wildman–Crippen MR) is 73.5 cm³/mol. The predicted octanol–water partition coefficient (Wildman–Crippen LogP) is 2.80. The molecule has 0 fully saturated rings. The Kier molecular flexibility index (Phi) is 3.71. The van der Waals surface area contributed by atoms with Crippen LogP contribution in [0.1, 0.15) is 31.9 Å². The number of rotatable bonds is 3. The van der Waals surface area contributed by atoms with Crippen LogP contribution in [0, 0.1) is 0 Å². The lowest BCUT2D eigenvalue weighted by atomic mass is 9.87. The Labute approximate surface area is 112 Å². The quantitative estimate of drug-likeness (QED) is 0.798. The van der Waals surface area contributed by atoms with E-state index in [1.165, 1.54) is 11.1 Å². The van der Waals surface area contributed by atoms with Crippen molar-refractivity contribution in [1.29, 1.82) is 0 Å². The highest BCUT2D eigenvalue weighted by molar-refractivity contribution is 7.98. The number of aryl methyl sites for hydroxylation is 1. The molecule has 0 amide bonds. The molecule has 0 saturated heterocycles. The minimum Gasteiger partial charge on any atom is -0.224 e. The number of hydrogen-bond acceptors (Lipinski definition) is 4. The Morgan fingerprint density at radius 2 is 1.83 bits per heavy atom. The van der Waals surface area contributed by atoms with E-state index < -0.39 is 0 Å². The van der Waals surface area contributed by atoms with Crippen LogP contribution in [-0.2, 0) is 18.2 Å². The average molecular weight is 262 g/mol. The van der Waals surface area contributed by atoms with Gasteiger partial charge in [0, 0.05) is 12.8 Å². The summed E-state index contributed by atoms with van der Waals surface area (Å²) in [5, 5.41) is 12.2. The highest BCUT2D eigenvalue weighted by atomic mass is 32.2. The lowest BCUT2D eigenvalue weighted by molar-refractivity contribution is 0.590. The number of aromatic nitrogens is 4. The monoisotopic (exact) mass is 262 g/mol. The molecule has 0 bridgehead atoms. The minimum atomic E-state index is 0.208. The van der Waals surface area contributed by atoms with Crippen molar-refractivity contribution in [2.75, 3.05) is 0 Å². The lowest BCUT2D eigenvalue weighted by Gasteiger charge is -2.19. The van der Waals surface area contributed by atoms with Gasteiger partial charge in [0.1, 0.15) is 0 Å². The summed E-state index contributed by atoms with van der Waals surface area (Å²) in [7, 11) is 1.85. The van der Waals surface area contributed by atoms with Gasteiger partial charge in [-0.3, -0.25) is 0 Å². The van der Waals surface area contributed by atoms with Crippen LogP contribution in [0.3, 0.4) is 0 Å². The fourth-order valence-electron chi connectivity index (χ4n) is 1.59. The van der Waals surface area contributed by atoms with Gasteiger partial charge in [0.05, 0.1) is 0 Å². The molecule has 0 atom stereocenters. The fraction of sp³-hybridized carbons (Fsp3) is 0.462. The minimum absolute atomic E-state index is 0.208. The summed E-state index contributed by atoms with van der Waals surface area (Å²) in [4.78, 5) is 0. The number of hydrogen-bond donors (Lipinski definition) is 0. The average Bonchev–Trinajstić information content (AvgIpc) is 2.72. The van der Waals surface area contributed by atoms with Crippen LogP contribution >= 0.6 is 11.8 Å². The second-order valence-electron chi connectivity index (χ2n) is 5.32. The fourth-order valence-corrected chi connectivity index (χ4v) is 2.40. The van der Waals surface area contributed by atoms with Crippen LogP contribution in [-0.4, -0.2) is 20.2 Å². The van der Waals surface area contributed by atoms with Crippen LogP contribution in [0.25, 0.3) is 0 Å². The molecular weight excluding hydrogens is 244 g/mol. The summed E-state index contributed by atoms with van der Waals surface area (Å²) < 4.78 is 1.69. The van der Waals surface area contributed by atoms with E-state index >= 15 is 0 Å².